The van der Waals surface area contributed by atoms with Crippen molar-refractivity contribution >= 4 is 11.9 Å². The Hall–Kier alpha value is -2.85. The molecule has 0 radical (unpaired) electrons. The zero-order valence-corrected chi connectivity index (χ0v) is 17.1. The van der Waals surface area contributed by atoms with Crippen molar-refractivity contribution in [3.8, 4) is 0 Å². The third-order valence-corrected chi connectivity index (χ3v) is 6.19. The molecule has 2 saturated heterocycles. The van der Waals surface area contributed by atoms with E-state index < -0.39 is 12.1 Å². The third-order valence-electron chi connectivity index (χ3n) is 6.19. The average Bonchev–Trinajstić information content (AvgIpc) is 3.50. The molecule has 3 atom stereocenters. The van der Waals surface area contributed by atoms with Crippen LogP contribution in [0.3, 0.4) is 0 Å². The summed E-state index contributed by atoms with van der Waals surface area (Å²) in [5, 5.41) is 7.12. The molecule has 0 unspecified atom stereocenters. The monoisotopic (exact) mass is 452 g/mol. The predicted octanol–water partition coefficient (Wildman–Crippen LogP) is 3.16. The van der Waals surface area contributed by atoms with E-state index in [0.717, 1.165) is 39.4 Å². The summed E-state index contributed by atoms with van der Waals surface area (Å²) in [6, 6.07) is 12.7. The topological polar surface area (TPSA) is 83.2 Å². The smallest absolute Gasteiger partial charge is 0.475 e. The van der Waals surface area contributed by atoms with Crippen molar-refractivity contribution in [2.45, 2.75) is 18.1 Å². The largest absolute Gasteiger partial charge is 0.490 e. The first kappa shape index (κ1) is 22.3. The fraction of sp³-hybridized carbons (Fsp3) is 0.455. The van der Waals surface area contributed by atoms with Crippen molar-refractivity contribution in [3.05, 3.63) is 59.5 Å². The Morgan fingerprint density at radius 1 is 1.00 bits per heavy atom. The molecule has 7 nitrogen and oxygen atoms in total. The molecule has 1 aromatic heterocycles. The molecule has 1 aromatic carbocycles. The van der Waals surface area contributed by atoms with Gasteiger partial charge in [0, 0.05) is 44.1 Å². The number of carbonyl (C=O) groups excluding carboxylic acids is 1. The molecule has 3 aliphatic rings. The number of hydrogen-bond acceptors (Lipinski definition) is 5. The number of benzene rings is 1. The number of fused-ring (bicyclic) bond motifs is 3. The zero-order chi connectivity index (χ0) is 22.9. The summed E-state index contributed by atoms with van der Waals surface area (Å²) in [6.07, 6.45) is -3.52. The number of likely N-dealkylation sites (tertiary alicyclic amines) is 1. The minimum atomic E-state index is -5.08. The number of carboxylic acids is 1. The molecule has 1 N–H and O–H groups in total. The van der Waals surface area contributed by atoms with Crippen LogP contribution in [0.25, 0.3) is 0 Å². The quantitative estimate of drug-likeness (QED) is 0.754. The van der Waals surface area contributed by atoms with Crippen LogP contribution >= 0.6 is 0 Å². The van der Waals surface area contributed by atoms with Gasteiger partial charge < -0.3 is 19.2 Å². The fourth-order valence-corrected chi connectivity index (χ4v) is 4.87. The van der Waals surface area contributed by atoms with Gasteiger partial charge in [-0.3, -0.25) is 9.69 Å². The summed E-state index contributed by atoms with van der Waals surface area (Å²) in [4.78, 5) is 26.1. The molecule has 1 aliphatic carbocycles. The van der Waals surface area contributed by atoms with Gasteiger partial charge >= 0.3 is 12.1 Å². The standard InChI is InChI=1S/C20H22N2O3.C2HF3O2/c23-20(18-6-3-9-25-18)22-12-16-14-4-1-2-5-15(14)19(17(16)13-22)21-7-10-24-11-8-21;3-2(4,5)1(6)7/h1-6,9,16-17,19H,7-8,10-13H2;(H,6,7)/t16-,17-,19-;/m0./s1. The van der Waals surface area contributed by atoms with Crippen LogP contribution in [0.5, 0.6) is 0 Å². The average molecular weight is 452 g/mol. The summed E-state index contributed by atoms with van der Waals surface area (Å²) in [5.74, 6) is -1.43. The van der Waals surface area contributed by atoms with Crippen molar-refractivity contribution in [2.75, 3.05) is 39.4 Å². The number of furan rings is 1. The van der Waals surface area contributed by atoms with E-state index in [0.29, 0.717) is 23.6 Å². The second kappa shape index (κ2) is 8.95. The zero-order valence-electron chi connectivity index (χ0n) is 17.1. The lowest BCUT2D eigenvalue weighted by Gasteiger charge is -2.36. The van der Waals surface area contributed by atoms with Crippen molar-refractivity contribution in [1.29, 1.82) is 0 Å². The second-order valence-electron chi connectivity index (χ2n) is 7.98. The highest BCUT2D eigenvalue weighted by molar-refractivity contribution is 5.91. The first-order valence-corrected chi connectivity index (χ1v) is 10.3. The Balaban J connectivity index is 0.000000307. The number of halogens is 3. The Labute approximate surface area is 182 Å². The third kappa shape index (κ3) is 4.37. The van der Waals surface area contributed by atoms with Crippen molar-refractivity contribution in [2.24, 2.45) is 5.92 Å². The molecule has 172 valence electrons. The first-order valence-electron chi connectivity index (χ1n) is 10.3. The molecule has 10 heteroatoms. The summed E-state index contributed by atoms with van der Waals surface area (Å²) < 4.78 is 42.6. The van der Waals surface area contributed by atoms with Gasteiger partial charge in [-0.25, -0.2) is 4.79 Å². The number of carboxylic acid groups (broad SMARTS) is 1. The van der Waals surface area contributed by atoms with E-state index in [9.17, 15) is 18.0 Å². The van der Waals surface area contributed by atoms with Gasteiger partial charge in [0.2, 0.25) is 0 Å². The van der Waals surface area contributed by atoms with Gasteiger partial charge in [0.15, 0.2) is 5.76 Å². The van der Waals surface area contributed by atoms with Gasteiger partial charge in [0.25, 0.3) is 5.91 Å². The molecular weight excluding hydrogens is 429 g/mol. The molecule has 2 aromatic rings. The number of aliphatic carboxylic acids is 1. The normalized spacial score (nSPS) is 25.0. The summed E-state index contributed by atoms with van der Waals surface area (Å²) in [6.45, 7) is 5.10. The van der Waals surface area contributed by atoms with E-state index in [4.69, 9.17) is 19.1 Å². The molecular formula is C22H23F3N2O5. The highest BCUT2D eigenvalue weighted by Gasteiger charge is 2.49. The predicted molar refractivity (Wildman–Crippen MR) is 106 cm³/mol. The molecule has 2 aliphatic heterocycles. The lowest BCUT2D eigenvalue weighted by Crippen LogP contribution is -2.42. The highest BCUT2D eigenvalue weighted by Crippen LogP contribution is 2.51. The van der Waals surface area contributed by atoms with Crippen LogP contribution in [-0.2, 0) is 9.53 Å². The van der Waals surface area contributed by atoms with Crippen LogP contribution in [0.2, 0.25) is 0 Å². The van der Waals surface area contributed by atoms with Crippen LogP contribution in [-0.4, -0.2) is 72.4 Å². The molecule has 2 fully saturated rings. The Bertz CT molecular complexity index is 957. The Morgan fingerprint density at radius 2 is 1.66 bits per heavy atom. The maximum atomic E-state index is 12.7. The Kier molecular flexibility index (Phi) is 6.25. The fourth-order valence-electron chi connectivity index (χ4n) is 4.87. The van der Waals surface area contributed by atoms with Gasteiger partial charge in [-0.1, -0.05) is 24.3 Å². The molecule has 1 amide bonds. The number of ether oxygens (including phenoxy) is 1. The summed E-state index contributed by atoms with van der Waals surface area (Å²) >= 11 is 0. The molecule has 32 heavy (non-hydrogen) atoms. The first-order chi connectivity index (χ1) is 15.3. The van der Waals surface area contributed by atoms with E-state index in [2.05, 4.69) is 29.2 Å². The number of morpholine rings is 1. The lowest BCUT2D eigenvalue weighted by molar-refractivity contribution is -0.192. The van der Waals surface area contributed by atoms with E-state index in [-0.39, 0.29) is 5.91 Å². The van der Waals surface area contributed by atoms with Crippen LogP contribution in [0, 0.1) is 5.92 Å². The number of carbonyl (C=O) groups is 2. The second-order valence-corrected chi connectivity index (χ2v) is 7.98. The van der Waals surface area contributed by atoms with Crippen molar-refractivity contribution < 1.29 is 37.0 Å². The number of alkyl halides is 3. The van der Waals surface area contributed by atoms with Gasteiger partial charge in [-0.15, -0.1) is 0 Å². The van der Waals surface area contributed by atoms with Crippen LogP contribution in [0.4, 0.5) is 13.2 Å². The van der Waals surface area contributed by atoms with Crippen LogP contribution < -0.4 is 0 Å². The van der Waals surface area contributed by atoms with Crippen LogP contribution in [0.15, 0.2) is 47.1 Å². The molecule has 3 heterocycles. The van der Waals surface area contributed by atoms with Crippen LogP contribution in [0.1, 0.15) is 33.6 Å². The molecule has 0 spiro atoms. The maximum absolute atomic E-state index is 12.7. The van der Waals surface area contributed by atoms with Gasteiger partial charge in [0.1, 0.15) is 0 Å². The SMILES string of the molecule is O=C(O)C(F)(F)F.O=C(c1ccco1)N1C[C@H]2[C@@H](C1)c1ccccc1[C@@H]2N1CCOCC1. The summed E-state index contributed by atoms with van der Waals surface area (Å²) in [5.41, 5.74) is 2.86. The van der Waals surface area contributed by atoms with Crippen molar-refractivity contribution in [1.82, 2.24) is 9.80 Å². The number of nitrogens with zero attached hydrogens (tertiary/aromatic N) is 2. The number of amides is 1. The van der Waals surface area contributed by atoms with E-state index in [1.54, 1.807) is 18.4 Å². The van der Waals surface area contributed by atoms with E-state index in [1.807, 2.05) is 4.90 Å². The van der Waals surface area contributed by atoms with Gasteiger partial charge in [0.05, 0.1) is 19.5 Å². The van der Waals surface area contributed by atoms with Gasteiger partial charge in [-0.05, 0) is 23.3 Å². The molecule has 5 rings (SSSR count). The van der Waals surface area contributed by atoms with Crippen molar-refractivity contribution in [3.63, 3.8) is 0 Å². The van der Waals surface area contributed by atoms with Gasteiger partial charge in [-0.2, -0.15) is 13.2 Å². The minimum Gasteiger partial charge on any atom is -0.475 e. The number of hydrogen-bond donors (Lipinski definition) is 1. The Morgan fingerprint density at radius 3 is 2.25 bits per heavy atom. The molecule has 0 saturated carbocycles. The minimum absolute atomic E-state index is 0.0117. The summed E-state index contributed by atoms with van der Waals surface area (Å²) in [7, 11) is 0. The highest BCUT2D eigenvalue weighted by atomic mass is 19.4. The van der Waals surface area contributed by atoms with E-state index in [1.165, 1.54) is 11.1 Å². The molecule has 0 bridgehead atoms. The lowest BCUT2D eigenvalue weighted by atomic mass is 9.93. The maximum Gasteiger partial charge on any atom is 0.490 e. The number of rotatable bonds is 2. The van der Waals surface area contributed by atoms with E-state index >= 15 is 0 Å².